The molecule has 0 aromatic rings. The van der Waals surface area contributed by atoms with Crippen LogP contribution in [0.1, 0.15) is 25.7 Å². The first-order chi connectivity index (χ1) is 7.13. The highest BCUT2D eigenvalue weighted by Gasteiger charge is 2.24. The summed E-state index contributed by atoms with van der Waals surface area (Å²) in [6.45, 7) is 0. The number of ether oxygens (including phenoxy) is 1. The highest BCUT2D eigenvalue weighted by atomic mass is 35.5. The molecule has 1 heterocycles. The largest absolute Gasteiger partial charge is 0.481 e. The zero-order valence-electron chi connectivity index (χ0n) is 8.24. The number of aliphatic carboxylic acids is 1. The van der Waals surface area contributed by atoms with Gasteiger partial charge in [0.1, 0.15) is 6.10 Å². The van der Waals surface area contributed by atoms with Crippen molar-refractivity contribution >= 4 is 23.5 Å². The normalized spacial score (nSPS) is 19.9. The van der Waals surface area contributed by atoms with Crippen molar-refractivity contribution in [1.29, 1.82) is 0 Å². The van der Waals surface area contributed by atoms with Crippen LogP contribution in [-0.4, -0.2) is 29.0 Å². The van der Waals surface area contributed by atoms with Gasteiger partial charge < -0.3 is 9.84 Å². The third-order valence-corrected chi connectivity index (χ3v) is 2.40. The molecule has 0 radical (unpaired) electrons. The van der Waals surface area contributed by atoms with Crippen LogP contribution in [-0.2, 0) is 14.3 Å². The Morgan fingerprint density at radius 1 is 1.60 bits per heavy atom. The summed E-state index contributed by atoms with van der Waals surface area (Å²) in [4.78, 5) is 21.6. The zero-order chi connectivity index (χ0) is 11.3. The Labute approximate surface area is 92.9 Å². The number of carbonyl (C=O) groups excluding carboxylic acids is 1. The molecule has 0 bridgehead atoms. The topological polar surface area (TPSA) is 63.6 Å². The molecule has 0 aromatic carbocycles. The van der Waals surface area contributed by atoms with Gasteiger partial charge in [0.25, 0.3) is 0 Å². The summed E-state index contributed by atoms with van der Waals surface area (Å²) in [6, 6.07) is 0. The number of carboxylic acids is 1. The number of halogens is 1. The van der Waals surface area contributed by atoms with Crippen molar-refractivity contribution in [2.24, 2.45) is 0 Å². The van der Waals surface area contributed by atoms with Gasteiger partial charge >= 0.3 is 11.9 Å². The molecular weight excluding hydrogens is 220 g/mol. The van der Waals surface area contributed by atoms with Crippen LogP contribution in [0.2, 0.25) is 0 Å². The van der Waals surface area contributed by atoms with Crippen LogP contribution in [0, 0.1) is 0 Å². The van der Waals surface area contributed by atoms with Crippen molar-refractivity contribution in [3.8, 4) is 0 Å². The maximum absolute atomic E-state index is 11.3. The van der Waals surface area contributed by atoms with Crippen molar-refractivity contribution in [3.63, 3.8) is 0 Å². The van der Waals surface area contributed by atoms with Gasteiger partial charge in [-0.25, -0.2) is 4.79 Å². The number of alkyl halides is 1. The third kappa shape index (κ3) is 3.91. The minimum Gasteiger partial charge on any atom is -0.481 e. The van der Waals surface area contributed by atoms with E-state index in [2.05, 4.69) is 0 Å². The lowest BCUT2D eigenvalue weighted by Crippen LogP contribution is -2.10. The molecule has 0 fully saturated rings. The van der Waals surface area contributed by atoms with E-state index in [9.17, 15) is 9.59 Å². The van der Waals surface area contributed by atoms with Gasteiger partial charge in [0.15, 0.2) is 0 Å². The number of carboxylic acid groups (broad SMARTS) is 1. The molecule has 0 saturated carbocycles. The summed E-state index contributed by atoms with van der Waals surface area (Å²) < 4.78 is 4.98. The van der Waals surface area contributed by atoms with Crippen LogP contribution in [0.4, 0.5) is 0 Å². The van der Waals surface area contributed by atoms with Gasteiger partial charge in [0.05, 0.1) is 0 Å². The van der Waals surface area contributed by atoms with Gasteiger partial charge in [-0.15, -0.1) is 11.6 Å². The summed E-state index contributed by atoms with van der Waals surface area (Å²) >= 11 is 5.51. The second-order valence-electron chi connectivity index (χ2n) is 3.36. The Morgan fingerprint density at radius 3 is 2.93 bits per heavy atom. The lowest BCUT2D eigenvalue weighted by Gasteiger charge is -2.04. The Kier molecular flexibility index (Phi) is 4.62. The summed E-state index contributed by atoms with van der Waals surface area (Å²) in [5.41, 5.74) is 0.617. The van der Waals surface area contributed by atoms with E-state index in [4.69, 9.17) is 21.4 Å². The highest BCUT2D eigenvalue weighted by molar-refractivity contribution is 6.17. The third-order valence-electron chi connectivity index (χ3n) is 2.13. The summed E-state index contributed by atoms with van der Waals surface area (Å²) in [5.74, 6) is -0.714. The number of esters is 1. The van der Waals surface area contributed by atoms with Crippen LogP contribution in [0.25, 0.3) is 0 Å². The highest BCUT2D eigenvalue weighted by Crippen LogP contribution is 2.21. The van der Waals surface area contributed by atoms with Crippen molar-refractivity contribution in [2.75, 3.05) is 5.88 Å². The van der Waals surface area contributed by atoms with Crippen molar-refractivity contribution in [1.82, 2.24) is 0 Å². The molecule has 1 atom stereocenters. The fourth-order valence-corrected chi connectivity index (χ4v) is 1.52. The molecule has 0 amide bonds. The van der Waals surface area contributed by atoms with Gasteiger partial charge in [0.2, 0.25) is 0 Å². The van der Waals surface area contributed by atoms with Gasteiger partial charge in [-0.1, -0.05) is 0 Å². The molecular formula is C10H13ClO4. The SMILES string of the molecule is O=C(O)CC[C@@H]1C=C(CCCCl)C(=O)O1. The van der Waals surface area contributed by atoms with Crippen LogP contribution in [0.3, 0.4) is 0 Å². The van der Waals surface area contributed by atoms with Crippen LogP contribution < -0.4 is 0 Å². The number of cyclic esters (lactones) is 1. The molecule has 1 rings (SSSR count). The molecule has 5 heteroatoms. The Hall–Kier alpha value is -1.03. The monoisotopic (exact) mass is 232 g/mol. The van der Waals surface area contributed by atoms with E-state index >= 15 is 0 Å². The molecule has 84 valence electrons. The summed E-state index contributed by atoms with van der Waals surface area (Å²) in [5, 5.41) is 8.47. The molecule has 0 saturated heterocycles. The second-order valence-corrected chi connectivity index (χ2v) is 3.74. The van der Waals surface area contributed by atoms with Crippen LogP contribution in [0.5, 0.6) is 0 Å². The molecule has 15 heavy (non-hydrogen) atoms. The maximum Gasteiger partial charge on any atom is 0.334 e. The first-order valence-corrected chi connectivity index (χ1v) is 5.36. The first kappa shape index (κ1) is 12.0. The smallest absolute Gasteiger partial charge is 0.334 e. The van der Waals surface area contributed by atoms with Crippen molar-refractivity contribution < 1.29 is 19.4 Å². The predicted octanol–water partition coefficient (Wildman–Crippen LogP) is 1.72. The molecule has 1 N–H and O–H groups in total. The van der Waals surface area contributed by atoms with Gasteiger partial charge in [0, 0.05) is 17.9 Å². The Morgan fingerprint density at radius 2 is 2.33 bits per heavy atom. The van der Waals surface area contributed by atoms with E-state index < -0.39 is 5.97 Å². The minimum atomic E-state index is -0.881. The number of hydrogen-bond donors (Lipinski definition) is 1. The van der Waals surface area contributed by atoms with Gasteiger partial charge in [-0.3, -0.25) is 4.79 Å². The summed E-state index contributed by atoms with van der Waals surface area (Å²) in [6.07, 6.45) is 3.01. The summed E-state index contributed by atoms with van der Waals surface area (Å²) in [7, 11) is 0. The molecule has 0 unspecified atom stereocenters. The second kappa shape index (κ2) is 5.75. The fraction of sp³-hybridized carbons (Fsp3) is 0.600. The molecule has 0 aliphatic carbocycles. The number of rotatable bonds is 6. The quantitative estimate of drug-likeness (QED) is 0.560. The van der Waals surface area contributed by atoms with E-state index in [1.165, 1.54) is 0 Å². The van der Waals surface area contributed by atoms with E-state index in [1.807, 2.05) is 0 Å². The van der Waals surface area contributed by atoms with E-state index in [0.29, 0.717) is 24.3 Å². The van der Waals surface area contributed by atoms with E-state index in [-0.39, 0.29) is 18.5 Å². The van der Waals surface area contributed by atoms with Crippen LogP contribution >= 0.6 is 11.6 Å². The molecule has 1 aliphatic heterocycles. The fourth-order valence-electron chi connectivity index (χ4n) is 1.39. The molecule has 1 aliphatic rings. The average molecular weight is 233 g/mol. The number of hydrogen-bond acceptors (Lipinski definition) is 3. The molecule has 0 aromatic heterocycles. The lowest BCUT2D eigenvalue weighted by atomic mass is 10.1. The predicted molar refractivity (Wildman–Crippen MR) is 54.8 cm³/mol. The molecule has 0 spiro atoms. The zero-order valence-corrected chi connectivity index (χ0v) is 9.00. The standard InChI is InChI=1S/C10H13ClO4/c11-5-1-2-7-6-8(15-10(7)14)3-4-9(12)13/h6,8H,1-5H2,(H,12,13)/t8-/m1/s1. The number of carbonyl (C=O) groups is 2. The van der Waals surface area contributed by atoms with Gasteiger partial charge in [-0.2, -0.15) is 0 Å². The van der Waals surface area contributed by atoms with Gasteiger partial charge in [-0.05, 0) is 25.3 Å². The Balaban J connectivity index is 2.40. The first-order valence-electron chi connectivity index (χ1n) is 4.83. The molecule has 4 nitrogen and oxygen atoms in total. The lowest BCUT2D eigenvalue weighted by molar-refractivity contribution is -0.143. The minimum absolute atomic E-state index is 0.0111. The average Bonchev–Trinajstić information content (AvgIpc) is 2.53. The van der Waals surface area contributed by atoms with E-state index in [0.717, 1.165) is 6.42 Å². The van der Waals surface area contributed by atoms with E-state index in [1.54, 1.807) is 6.08 Å². The maximum atomic E-state index is 11.3. The van der Waals surface area contributed by atoms with Crippen molar-refractivity contribution in [3.05, 3.63) is 11.6 Å². The van der Waals surface area contributed by atoms with Crippen LogP contribution in [0.15, 0.2) is 11.6 Å². The Bertz CT molecular complexity index is 285. The van der Waals surface area contributed by atoms with Crippen molar-refractivity contribution in [2.45, 2.75) is 31.8 Å².